The Hall–Kier alpha value is -2.84. The topological polar surface area (TPSA) is 92.8 Å². The number of ether oxygens (including phenoxy) is 1. The van der Waals surface area contributed by atoms with Crippen LogP contribution in [-0.2, 0) is 19.6 Å². The van der Waals surface area contributed by atoms with Gasteiger partial charge in [-0.3, -0.25) is 9.10 Å². The van der Waals surface area contributed by atoms with Crippen LogP contribution in [0.1, 0.15) is 17.3 Å². The molecule has 2 aromatic carbocycles. The third kappa shape index (κ3) is 5.58. The van der Waals surface area contributed by atoms with Crippen molar-refractivity contribution in [1.29, 1.82) is 0 Å². The minimum absolute atomic E-state index is 0.0169. The summed E-state index contributed by atoms with van der Waals surface area (Å²) in [6, 6.07) is 12.4. The normalized spacial score (nSPS) is 10.8. The van der Waals surface area contributed by atoms with Crippen LogP contribution in [0.15, 0.2) is 66.1 Å². The number of carbonyl (C=O) groups excluding carboxylic acids is 2. The van der Waals surface area contributed by atoms with E-state index >= 15 is 0 Å². The van der Waals surface area contributed by atoms with Crippen molar-refractivity contribution in [1.82, 2.24) is 5.32 Å². The SMILES string of the molecule is C=CCNC(=O)COC(=O)c1cc(S(=O)(=O)N(CC)c2ccccc2)ccc1Cl. The molecule has 0 saturated carbocycles. The molecule has 9 heteroatoms. The first-order valence-electron chi connectivity index (χ1n) is 8.73. The fourth-order valence-electron chi connectivity index (χ4n) is 2.48. The van der Waals surface area contributed by atoms with E-state index in [1.165, 1.54) is 22.5 Å². The smallest absolute Gasteiger partial charge is 0.340 e. The van der Waals surface area contributed by atoms with Gasteiger partial charge in [0.25, 0.3) is 15.9 Å². The summed E-state index contributed by atoms with van der Waals surface area (Å²) in [5, 5.41) is 2.48. The van der Waals surface area contributed by atoms with Gasteiger partial charge >= 0.3 is 5.97 Å². The number of nitrogens with one attached hydrogen (secondary N) is 1. The molecule has 0 radical (unpaired) electrons. The number of amides is 1. The van der Waals surface area contributed by atoms with Crippen molar-refractivity contribution in [2.75, 3.05) is 24.0 Å². The molecular formula is C20H21ClN2O5S. The van der Waals surface area contributed by atoms with E-state index in [9.17, 15) is 18.0 Å². The van der Waals surface area contributed by atoms with Gasteiger partial charge in [0, 0.05) is 13.1 Å². The molecule has 2 aromatic rings. The molecule has 0 saturated heterocycles. The maximum atomic E-state index is 13.1. The predicted octanol–water partition coefficient (Wildman–Crippen LogP) is 3.01. The van der Waals surface area contributed by atoms with Gasteiger partial charge in [-0.2, -0.15) is 0 Å². The van der Waals surface area contributed by atoms with Crippen LogP contribution in [0, 0.1) is 0 Å². The summed E-state index contributed by atoms with van der Waals surface area (Å²) in [4.78, 5) is 23.8. The van der Waals surface area contributed by atoms with Crippen molar-refractivity contribution in [2.24, 2.45) is 0 Å². The quantitative estimate of drug-likeness (QED) is 0.481. The Morgan fingerprint density at radius 3 is 2.52 bits per heavy atom. The number of para-hydroxylation sites is 1. The highest BCUT2D eigenvalue weighted by atomic mass is 35.5. The van der Waals surface area contributed by atoms with Crippen LogP contribution in [0.5, 0.6) is 0 Å². The van der Waals surface area contributed by atoms with Gasteiger partial charge < -0.3 is 10.1 Å². The lowest BCUT2D eigenvalue weighted by atomic mass is 10.2. The lowest BCUT2D eigenvalue weighted by molar-refractivity contribution is -0.124. The van der Waals surface area contributed by atoms with Crippen molar-refractivity contribution < 1.29 is 22.7 Å². The van der Waals surface area contributed by atoms with Crippen LogP contribution < -0.4 is 9.62 Å². The standard InChI is InChI=1S/C20H21ClN2O5S/c1-3-12-22-19(24)14-28-20(25)17-13-16(10-11-18(17)21)29(26,27)23(4-2)15-8-6-5-7-9-15/h3,5-11,13H,1,4,12,14H2,2H3,(H,22,24). The van der Waals surface area contributed by atoms with Crippen molar-refractivity contribution in [3.8, 4) is 0 Å². The van der Waals surface area contributed by atoms with Crippen LogP contribution in [-0.4, -0.2) is 40.0 Å². The number of halogens is 1. The van der Waals surface area contributed by atoms with E-state index in [4.69, 9.17) is 16.3 Å². The molecule has 154 valence electrons. The van der Waals surface area contributed by atoms with Crippen LogP contribution in [0.3, 0.4) is 0 Å². The van der Waals surface area contributed by atoms with Gasteiger partial charge in [0.2, 0.25) is 0 Å². The molecule has 0 aliphatic heterocycles. The average Bonchev–Trinajstić information content (AvgIpc) is 2.71. The zero-order chi connectivity index (χ0) is 21.4. The van der Waals surface area contributed by atoms with Gasteiger partial charge in [0.15, 0.2) is 6.61 Å². The van der Waals surface area contributed by atoms with Gasteiger partial charge in [0.1, 0.15) is 0 Å². The Morgan fingerprint density at radius 1 is 1.21 bits per heavy atom. The van der Waals surface area contributed by atoms with Crippen LogP contribution >= 0.6 is 11.6 Å². The van der Waals surface area contributed by atoms with Crippen LogP contribution in [0.4, 0.5) is 5.69 Å². The first-order chi connectivity index (χ1) is 13.8. The Labute approximate surface area is 175 Å². The summed E-state index contributed by atoms with van der Waals surface area (Å²) < 4.78 is 32.3. The first-order valence-corrected chi connectivity index (χ1v) is 10.5. The highest BCUT2D eigenvalue weighted by Crippen LogP contribution is 2.27. The minimum Gasteiger partial charge on any atom is -0.452 e. The maximum Gasteiger partial charge on any atom is 0.340 e. The molecule has 2 rings (SSSR count). The minimum atomic E-state index is -3.94. The summed E-state index contributed by atoms with van der Waals surface area (Å²) >= 11 is 6.05. The molecule has 0 aliphatic carbocycles. The number of hydrogen-bond acceptors (Lipinski definition) is 5. The largest absolute Gasteiger partial charge is 0.452 e. The molecule has 0 unspecified atom stereocenters. The molecule has 0 atom stereocenters. The van der Waals surface area contributed by atoms with E-state index in [1.54, 1.807) is 37.3 Å². The van der Waals surface area contributed by atoms with Gasteiger partial charge in [-0.15, -0.1) is 6.58 Å². The second-order valence-corrected chi connectivity index (χ2v) is 8.09. The molecule has 0 aliphatic rings. The zero-order valence-electron chi connectivity index (χ0n) is 15.8. The number of esters is 1. The van der Waals surface area contributed by atoms with Crippen molar-refractivity contribution >= 4 is 39.2 Å². The summed E-state index contributed by atoms with van der Waals surface area (Å²) in [6.07, 6.45) is 1.48. The summed E-state index contributed by atoms with van der Waals surface area (Å²) in [5.74, 6) is -1.41. The first kappa shape index (κ1) is 22.4. The van der Waals surface area contributed by atoms with Gasteiger partial charge in [-0.25, -0.2) is 13.2 Å². The lowest BCUT2D eigenvalue weighted by Crippen LogP contribution is -2.31. The Morgan fingerprint density at radius 2 is 1.90 bits per heavy atom. The number of benzene rings is 2. The van der Waals surface area contributed by atoms with E-state index in [2.05, 4.69) is 11.9 Å². The molecule has 0 heterocycles. The molecule has 1 N–H and O–H groups in total. The number of anilines is 1. The van der Waals surface area contributed by atoms with Crippen molar-refractivity contribution in [2.45, 2.75) is 11.8 Å². The predicted molar refractivity (Wildman–Crippen MR) is 112 cm³/mol. The molecule has 29 heavy (non-hydrogen) atoms. The molecule has 7 nitrogen and oxygen atoms in total. The fourth-order valence-corrected chi connectivity index (χ4v) is 4.18. The van der Waals surface area contributed by atoms with Crippen molar-refractivity contribution in [3.63, 3.8) is 0 Å². The average molecular weight is 437 g/mol. The van der Waals surface area contributed by atoms with Gasteiger partial charge in [0.05, 0.1) is 21.2 Å². The highest BCUT2D eigenvalue weighted by Gasteiger charge is 2.26. The number of sulfonamides is 1. The van der Waals surface area contributed by atoms with Gasteiger partial charge in [-0.1, -0.05) is 35.9 Å². The molecule has 0 fully saturated rings. The lowest BCUT2D eigenvalue weighted by Gasteiger charge is -2.23. The molecule has 0 aromatic heterocycles. The number of carbonyl (C=O) groups is 2. The molecule has 1 amide bonds. The third-order valence-electron chi connectivity index (χ3n) is 3.86. The maximum absolute atomic E-state index is 13.1. The van der Waals surface area contributed by atoms with E-state index in [-0.39, 0.29) is 28.6 Å². The van der Waals surface area contributed by atoms with Gasteiger partial charge in [-0.05, 0) is 37.3 Å². The number of rotatable bonds is 9. The van der Waals surface area contributed by atoms with E-state index in [0.717, 1.165) is 6.07 Å². The molecule has 0 spiro atoms. The number of hydrogen-bond donors (Lipinski definition) is 1. The zero-order valence-corrected chi connectivity index (χ0v) is 17.4. The summed E-state index contributed by atoms with van der Waals surface area (Å²) in [6.45, 7) is 5.07. The third-order valence-corrected chi connectivity index (χ3v) is 6.08. The monoisotopic (exact) mass is 436 g/mol. The fraction of sp³-hybridized carbons (Fsp3) is 0.200. The van der Waals surface area contributed by atoms with Crippen molar-refractivity contribution in [3.05, 3.63) is 71.8 Å². The second kappa shape index (κ2) is 10.1. The Kier molecular flexibility index (Phi) is 7.81. The molecule has 0 bridgehead atoms. The molecular weight excluding hydrogens is 416 g/mol. The van der Waals surface area contributed by atoms with E-state index in [0.29, 0.717) is 5.69 Å². The van der Waals surface area contributed by atoms with Crippen LogP contribution in [0.2, 0.25) is 5.02 Å². The summed E-state index contributed by atoms with van der Waals surface area (Å²) in [5.41, 5.74) is 0.348. The Balaban J connectivity index is 2.28. The van der Waals surface area contributed by atoms with Crippen LogP contribution in [0.25, 0.3) is 0 Å². The van der Waals surface area contributed by atoms with E-state index < -0.39 is 28.5 Å². The summed E-state index contributed by atoms with van der Waals surface area (Å²) in [7, 11) is -3.94. The number of nitrogens with zero attached hydrogens (tertiary/aromatic N) is 1. The second-order valence-electron chi connectivity index (χ2n) is 5.82. The van der Waals surface area contributed by atoms with E-state index in [1.807, 2.05) is 0 Å². The Bertz CT molecular complexity index is 993. The highest BCUT2D eigenvalue weighted by molar-refractivity contribution is 7.92.